The summed E-state index contributed by atoms with van der Waals surface area (Å²) in [5.74, 6) is 1.23. The van der Waals surface area contributed by atoms with E-state index in [-0.39, 0.29) is 55.0 Å². The summed E-state index contributed by atoms with van der Waals surface area (Å²) in [5, 5.41) is 2.52. The lowest BCUT2D eigenvalue weighted by Gasteiger charge is -2.03. The van der Waals surface area contributed by atoms with Gasteiger partial charge in [-0.3, -0.25) is 0 Å². The first kappa shape index (κ1) is 27.9. The molecule has 5 aromatic rings. The fraction of sp³-hybridized carbons (Fsp3) is 0.0938. The lowest BCUT2D eigenvalue weighted by atomic mass is 10.1. The predicted octanol–water partition coefficient (Wildman–Crippen LogP) is 0.344. The van der Waals surface area contributed by atoms with Gasteiger partial charge >= 0.3 is 48.4 Å². The molecule has 4 nitrogen and oxygen atoms in total. The molecule has 0 spiro atoms. The Balaban J connectivity index is 0.000000177. The lowest BCUT2D eigenvalue weighted by Crippen LogP contribution is -3.61. The molecule has 0 bridgehead atoms. The molecular formula is C32H28I2O4+2. The molecule has 38 heavy (non-hydrogen) atoms. The Labute approximate surface area is 244 Å². The number of esters is 1. The molecule has 0 saturated carbocycles. The number of methoxy groups -OCH3 is 2. The average molecular weight is 730 g/mol. The fourth-order valence-electron chi connectivity index (χ4n) is 3.38. The highest BCUT2D eigenvalue weighted by Crippen LogP contribution is 2.19. The number of benzene rings is 5. The largest absolute Gasteiger partial charge is 0.497 e. The minimum atomic E-state index is -0.374. The SMILES string of the molecule is COC(=O)COc1ccc([I+]c2ccccc2)cc1.COc1ccc2cc([I+]c3ccccc3)ccc2c1. The van der Waals surface area contributed by atoms with Gasteiger partial charge in [0.25, 0.3) is 0 Å². The average Bonchev–Trinajstić information content (AvgIpc) is 2.98. The third-order valence-electron chi connectivity index (χ3n) is 5.31. The minimum absolute atomic E-state index is 0.0520. The first-order valence-corrected chi connectivity index (χ1v) is 16.2. The second-order valence-corrected chi connectivity index (χ2v) is 14.0. The molecule has 0 aliphatic carbocycles. The van der Waals surface area contributed by atoms with Crippen LogP contribution in [0.15, 0.2) is 121 Å². The van der Waals surface area contributed by atoms with Gasteiger partial charge in [0, 0.05) is 0 Å². The number of carbonyl (C=O) groups excluding carboxylic acids is 1. The zero-order valence-electron chi connectivity index (χ0n) is 21.1. The normalized spacial score (nSPS) is 10.3. The van der Waals surface area contributed by atoms with Gasteiger partial charge in [-0.1, -0.05) is 42.5 Å². The maximum absolute atomic E-state index is 11.0. The van der Waals surface area contributed by atoms with Crippen LogP contribution in [0, 0.1) is 14.3 Å². The quantitative estimate of drug-likeness (QED) is 0.171. The maximum atomic E-state index is 11.0. The Kier molecular flexibility index (Phi) is 10.8. The van der Waals surface area contributed by atoms with E-state index in [2.05, 4.69) is 89.7 Å². The van der Waals surface area contributed by atoms with E-state index in [0.717, 1.165) is 5.75 Å². The van der Waals surface area contributed by atoms with E-state index in [9.17, 15) is 4.79 Å². The minimum Gasteiger partial charge on any atom is -0.497 e. The second-order valence-electron chi connectivity index (χ2n) is 7.96. The number of hydrogen-bond acceptors (Lipinski definition) is 4. The van der Waals surface area contributed by atoms with Gasteiger partial charge in [0.05, 0.1) is 14.2 Å². The molecule has 0 amide bonds. The van der Waals surface area contributed by atoms with E-state index in [1.54, 1.807) is 7.11 Å². The molecule has 0 aliphatic heterocycles. The first-order chi connectivity index (χ1) is 18.6. The maximum Gasteiger partial charge on any atom is 0.357 e. The Bertz CT molecular complexity index is 1440. The van der Waals surface area contributed by atoms with Crippen molar-refractivity contribution in [3.05, 3.63) is 136 Å². The molecular weight excluding hydrogens is 702 g/mol. The van der Waals surface area contributed by atoms with Gasteiger partial charge in [-0.05, 0) is 89.6 Å². The monoisotopic (exact) mass is 730 g/mol. The molecule has 5 rings (SSSR count). The Morgan fingerprint density at radius 3 is 1.68 bits per heavy atom. The molecule has 192 valence electrons. The van der Waals surface area contributed by atoms with Gasteiger partial charge in [0.15, 0.2) is 20.9 Å². The van der Waals surface area contributed by atoms with Crippen molar-refractivity contribution < 1.29 is 61.4 Å². The molecule has 0 aromatic heterocycles. The Morgan fingerprint density at radius 2 is 1.08 bits per heavy atom. The van der Waals surface area contributed by atoms with Crippen LogP contribution in [0.4, 0.5) is 0 Å². The van der Waals surface area contributed by atoms with Gasteiger partial charge in [-0.2, -0.15) is 0 Å². The van der Waals surface area contributed by atoms with Crippen molar-refractivity contribution in [2.24, 2.45) is 0 Å². The standard InChI is InChI=1S/C17H14IO.C15H14IO3/c1-19-17-10-8-13-11-16(9-7-14(13)12-17)18-15-5-3-2-4-6-15;1-18-15(17)11-19-14-9-7-13(8-10-14)16-12-5-3-2-4-6-12/h2-12H,1H3;2-10H,11H2,1H3/q2*+1. The smallest absolute Gasteiger partial charge is 0.357 e. The predicted molar refractivity (Wildman–Crippen MR) is 142 cm³/mol. The van der Waals surface area contributed by atoms with Crippen LogP contribution in [-0.2, 0) is 9.53 Å². The van der Waals surface area contributed by atoms with Crippen LogP contribution < -0.4 is 51.9 Å². The summed E-state index contributed by atoms with van der Waals surface area (Å²) in [6, 6.07) is 42.0. The van der Waals surface area contributed by atoms with Gasteiger partial charge in [-0.15, -0.1) is 0 Å². The topological polar surface area (TPSA) is 44.8 Å². The van der Waals surface area contributed by atoms with Gasteiger partial charge in [0.1, 0.15) is 11.5 Å². The van der Waals surface area contributed by atoms with Crippen LogP contribution in [0.25, 0.3) is 10.8 Å². The van der Waals surface area contributed by atoms with Crippen LogP contribution in [0.3, 0.4) is 0 Å². The number of carbonyl (C=O) groups is 1. The van der Waals surface area contributed by atoms with Crippen molar-refractivity contribution in [1.29, 1.82) is 0 Å². The van der Waals surface area contributed by atoms with Crippen LogP contribution in [-0.4, -0.2) is 26.8 Å². The number of hydrogen-bond donors (Lipinski definition) is 0. The van der Waals surface area contributed by atoms with E-state index >= 15 is 0 Å². The Morgan fingerprint density at radius 1 is 0.579 bits per heavy atom. The molecule has 0 saturated heterocycles. The van der Waals surface area contributed by atoms with Crippen LogP contribution >= 0.6 is 0 Å². The van der Waals surface area contributed by atoms with Crippen molar-refractivity contribution >= 4 is 16.7 Å². The molecule has 6 heteroatoms. The third kappa shape index (κ3) is 8.73. The van der Waals surface area contributed by atoms with E-state index in [4.69, 9.17) is 9.47 Å². The van der Waals surface area contributed by atoms with Crippen molar-refractivity contribution in [2.45, 2.75) is 0 Å². The van der Waals surface area contributed by atoms with E-state index in [0.29, 0.717) is 5.75 Å². The highest BCUT2D eigenvalue weighted by Gasteiger charge is 2.16. The highest BCUT2D eigenvalue weighted by atomic mass is 127. The van der Waals surface area contributed by atoms with Crippen LogP contribution in [0.2, 0.25) is 0 Å². The lowest BCUT2D eigenvalue weighted by molar-refractivity contribution is -0.597. The van der Waals surface area contributed by atoms with E-state index in [1.807, 2.05) is 36.4 Å². The molecule has 0 atom stereocenters. The van der Waals surface area contributed by atoms with Gasteiger partial charge < -0.3 is 14.2 Å². The van der Waals surface area contributed by atoms with Crippen LogP contribution in [0.5, 0.6) is 11.5 Å². The first-order valence-electron chi connectivity index (χ1n) is 11.9. The summed E-state index contributed by atoms with van der Waals surface area (Å²) in [4.78, 5) is 11.0. The van der Waals surface area contributed by atoms with Gasteiger partial charge in [-0.25, -0.2) is 4.79 Å². The molecule has 0 heterocycles. The van der Waals surface area contributed by atoms with E-state index < -0.39 is 0 Å². The molecule has 0 N–H and O–H groups in total. The second kappa shape index (κ2) is 14.7. The number of fused-ring (bicyclic) bond motifs is 1. The summed E-state index contributed by atoms with van der Waals surface area (Å²) in [7, 11) is 3.05. The zero-order valence-corrected chi connectivity index (χ0v) is 25.5. The summed E-state index contributed by atoms with van der Waals surface area (Å²) < 4.78 is 20.7. The third-order valence-corrected chi connectivity index (χ3v) is 10.6. The molecule has 0 aliphatic rings. The van der Waals surface area contributed by atoms with Gasteiger partial charge in [0.2, 0.25) is 0 Å². The molecule has 0 fully saturated rings. The molecule has 0 unspecified atom stereocenters. The molecule has 5 aromatic carbocycles. The Hall–Kier alpha value is -3.11. The zero-order chi connectivity index (χ0) is 26.6. The highest BCUT2D eigenvalue weighted by molar-refractivity contribution is 5.83. The summed E-state index contributed by atoms with van der Waals surface area (Å²) in [6.07, 6.45) is 0. The summed E-state index contributed by atoms with van der Waals surface area (Å²) in [5.41, 5.74) is 0. The fourth-order valence-corrected chi connectivity index (χ4v) is 7.94. The van der Waals surface area contributed by atoms with Crippen LogP contribution in [0.1, 0.15) is 0 Å². The number of halogens is 2. The number of ether oxygens (including phenoxy) is 3. The van der Waals surface area contributed by atoms with Crippen molar-refractivity contribution in [3.8, 4) is 11.5 Å². The van der Waals surface area contributed by atoms with Crippen molar-refractivity contribution in [1.82, 2.24) is 0 Å². The summed E-state index contributed by atoms with van der Waals surface area (Å²) in [6.45, 7) is -0.0520. The van der Waals surface area contributed by atoms with E-state index in [1.165, 1.54) is 32.2 Å². The van der Waals surface area contributed by atoms with Crippen molar-refractivity contribution in [3.63, 3.8) is 0 Å². The number of rotatable bonds is 8. The molecule has 0 radical (unpaired) electrons. The van der Waals surface area contributed by atoms with Crippen molar-refractivity contribution in [2.75, 3.05) is 20.8 Å². The summed E-state index contributed by atoms with van der Waals surface area (Å²) >= 11 is -0.246.